The van der Waals surface area contributed by atoms with Crippen LogP contribution in [0.1, 0.15) is 38.5 Å². The normalized spacial score (nSPS) is 23.4. The highest BCUT2D eigenvalue weighted by Crippen LogP contribution is 2.31. The summed E-state index contributed by atoms with van der Waals surface area (Å²) in [5, 5.41) is 0. The van der Waals surface area contributed by atoms with Gasteiger partial charge in [0.15, 0.2) is 0 Å². The van der Waals surface area contributed by atoms with E-state index in [0.29, 0.717) is 12.6 Å². The number of nitrogens with zero attached hydrogens (tertiary/aromatic N) is 2. The van der Waals surface area contributed by atoms with Gasteiger partial charge in [-0.2, -0.15) is 0 Å². The molecule has 0 N–H and O–H groups in total. The second-order valence-corrected chi connectivity index (χ2v) is 8.17. The van der Waals surface area contributed by atoms with Crippen LogP contribution in [0.25, 0.3) is 0 Å². The minimum absolute atomic E-state index is 0.446. The van der Waals surface area contributed by atoms with Crippen molar-refractivity contribution in [2.75, 3.05) is 32.8 Å². The van der Waals surface area contributed by atoms with E-state index in [9.17, 15) is 0 Å². The summed E-state index contributed by atoms with van der Waals surface area (Å²) in [6.07, 6.45) is 13.0. The lowest BCUT2D eigenvalue weighted by Gasteiger charge is -2.44. The van der Waals surface area contributed by atoms with Gasteiger partial charge in [0.1, 0.15) is 6.61 Å². The molecule has 2 aliphatic heterocycles. The van der Waals surface area contributed by atoms with Crippen LogP contribution < -0.4 is 0 Å². The highest BCUT2D eigenvalue weighted by atomic mass is 32.2. The van der Waals surface area contributed by atoms with Gasteiger partial charge in [0, 0.05) is 36.7 Å². The highest BCUT2D eigenvalue weighted by molar-refractivity contribution is 7.97. The zero-order valence-electron chi connectivity index (χ0n) is 15.1. The molecule has 0 amide bonds. The smallest absolute Gasteiger partial charge is 0.107 e. The molecule has 2 saturated heterocycles. The fourth-order valence-corrected chi connectivity index (χ4v) is 5.03. The minimum Gasteiger partial charge on any atom is -0.369 e. The Morgan fingerprint density at radius 2 is 1.88 bits per heavy atom. The van der Waals surface area contributed by atoms with E-state index >= 15 is 0 Å². The molecular weight excluding hydrogens is 328 g/mol. The van der Waals surface area contributed by atoms with Crippen molar-refractivity contribution in [3.05, 3.63) is 30.3 Å². The number of ether oxygens (including phenoxy) is 1. The molecule has 1 aromatic carbocycles. The Hall–Kier alpha value is -0.990. The van der Waals surface area contributed by atoms with Crippen molar-refractivity contribution in [1.82, 2.24) is 9.21 Å². The molecule has 0 aromatic heterocycles. The lowest BCUT2D eigenvalue weighted by atomic mass is 9.94. The number of hydrogen-bond acceptors (Lipinski definition) is 4. The first kappa shape index (κ1) is 18.8. The predicted octanol–water partition coefficient (Wildman–Crippen LogP) is 4.05. The van der Waals surface area contributed by atoms with Crippen LogP contribution in [0.15, 0.2) is 35.2 Å². The fraction of sp³-hybridized carbons (Fsp3) is 0.619. The summed E-state index contributed by atoms with van der Waals surface area (Å²) in [7, 11) is 0. The van der Waals surface area contributed by atoms with Crippen molar-refractivity contribution in [1.29, 1.82) is 0 Å². The van der Waals surface area contributed by atoms with Crippen LogP contribution in [-0.2, 0) is 4.74 Å². The maximum absolute atomic E-state index is 5.53. The fourth-order valence-electron chi connectivity index (χ4n) is 4.06. The van der Waals surface area contributed by atoms with Crippen LogP contribution in [0.3, 0.4) is 0 Å². The summed E-state index contributed by atoms with van der Waals surface area (Å²) in [6.45, 7) is 4.87. The average molecular weight is 359 g/mol. The Morgan fingerprint density at radius 3 is 2.64 bits per heavy atom. The molecule has 2 heterocycles. The summed E-state index contributed by atoms with van der Waals surface area (Å²) >= 11 is 1.91. The summed E-state index contributed by atoms with van der Waals surface area (Å²) in [5.74, 6) is 2.56. The lowest BCUT2D eigenvalue weighted by molar-refractivity contribution is 0.0436. The number of likely N-dealkylation sites (tertiary alicyclic amines) is 1. The van der Waals surface area contributed by atoms with Crippen LogP contribution in [0.2, 0.25) is 0 Å². The molecule has 136 valence electrons. The zero-order chi connectivity index (χ0) is 17.3. The first-order valence-electron chi connectivity index (χ1n) is 9.62. The number of terminal acetylenes is 1. The quantitative estimate of drug-likeness (QED) is 0.415. The molecule has 0 spiro atoms. The van der Waals surface area contributed by atoms with Gasteiger partial charge in [0.05, 0.1) is 0 Å². The molecule has 0 radical (unpaired) electrons. The summed E-state index contributed by atoms with van der Waals surface area (Å²) in [6, 6.07) is 12.2. The Morgan fingerprint density at radius 1 is 1.08 bits per heavy atom. The monoisotopic (exact) mass is 358 g/mol. The van der Waals surface area contributed by atoms with E-state index in [1.807, 2.05) is 11.9 Å². The van der Waals surface area contributed by atoms with E-state index in [-0.39, 0.29) is 0 Å². The van der Waals surface area contributed by atoms with Crippen molar-refractivity contribution in [3.8, 4) is 12.3 Å². The largest absolute Gasteiger partial charge is 0.369 e. The van der Waals surface area contributed by atoms with Crippen LogP contribution in [-0.4, -0.2) is 54.1 Å². The third kappa shape index (κ3) is 5.76. The molecule has 1 aromatic rings. The number of benzene rings is 1. The lowest BCUT2D eigenvalue weighted by Crippen LogP contribution is -2.50. The highest BCUT2D eigenvalue weighted by Gasteiger charge is 2.31. The second-order valence-electron chi connectivity index (χ2n) is 7.00. The summed E-state index contributed by atoms with van der Waals surface area (Å²) in [5.41, 5.74) is 0. The van der Waals surface area contributed by atoms with Gasteiger partial charge in [-0.3, -0.25) is 4.90 Å². The standard InChI is InChI=1S/C21H30N2OS/c1-2-17-24-18-13-19-8-6-7-14-23(19)20-11-15-22(16-12-20)25-21-9-4-3-5-10-21/h1,3-5,9-10,19-20H,6-8,11-18H2. The molecule has 0 saturated carbocycles. The Bertz CT molecular complexity index is 537. The molecule has 3 rings (SSSR count). The molecule has 2 fully saturated rings. The Balaban J connectivity index is 1.46. The van der Waals surface area contributed by atoms with Crippen LogP contribution in [0.5, 0.6) is 0 Å². The molecule has 2 aliphatic rings. The second kappa shape index (κ2) is 10.2. The molecule has 1 unspecified atom stereocenters. The van der Waals surface area contributed by atoms with Crippen molar-refractivity contribution >= 4 is 11.9 Å². The average Bonchev–Trinajstić information content (AvgIpc) is 2.67. The van der Waals surface area contributed by atoms with Gasteiger partial charge in [-0.1, -0.05) is 30.5 Å². The number of rotatable bonds is 7. The van der Waals surface area contributed by atoms with E-state index in [0.717, 1.165) is 19.1 Å². The molecule has 1 atom stereocenters. The van der Waals surface area contributed by atoms with E-state index in [1.165, 1.54) is 56.6 Å². The molecule has 3 nitrogen and oxygen atoms in total. The SMILES string of the molecule is C#CCOCCC1CCCCN1C1CCN(Sc2ccccc2)CC1. The third-order valence-electron chi connectivity index (χ3n) is 5.32. The van der Waals surface area contributed by atoms with Crippen molar-refractivity contribution in [3.63, 3.8) is 0 Å². The minimum atomic E-state index is 0.446. The number of hydrogen-bond donors (Lipinski definition) is 0. The molecule has 25 heavy (non-hydrogen) atoms. The van der Waals surface area contributed by atoms with Crippen LogP contribution >= 0.6 is 11.9 Å². The van der Waals surface area contributed by atoms with E-state index < -0.39 is 0 Å². The predicted molar refractivity (Wildman–Crippen MR) is 106 cm³/mol. The molecule has 0 aliphatic carbocycles. The molecule has 0 bridgehead atoms. The zero-order valence-corrected chi connectivity index (χ0v) is 15.9. The maximum Gasteiger partial charge on any atom is 0.107 e. The topological polar surface area (TPSA) is 15.7 Å². The van der Waals surface area contributed by atoms with Crippen molar-refractivity contribution in [2.45, 2.75) is 55.5 Å². The van der Waals surface area contributed by atoms with E-state index in [4.69, 9.17) is 11.2 Å². The van der Waals surface area contributed by atoms with Crippen molar-refractivity contribution in [2.24, 2.45) is 0 Å². The number of piperidine rings is 2. The van der Waals surface area contributed by atoms with Gasteiger partial charge in [0.25, 0.3) is 0 Å². The third-order valence-corrected chi connectivity index (χ3v) is 6.43. The Labute approximate surface area is 157 Å². The van der Waals surface area contributed by atoms with Gasteiger partial charge in [-0.25, -0.2) is 4.31 Å². The first-order valence-corrected chi connectivity index (χ1v) is 10.4. The van der Waals surface area contributed by atoms with Gasteiger partial charge in [-0.05, 0) is 62.7 Å². The summed E-state index contributed by atoms with van der Waals surface area (Å²) in [4.78, 5) is 4.13. The van der Waals surface area contributed by atoms with Gasteiger partial charge >= 0.3 is 0 Å². The van der Waals surface area contributed by atoms with Gasteiger partial charge in [0.2, 0.25) is 0 Å². The molecular formula is C21H30N2OS. The van der Waals surface area contributed by atoms with Gasteiger partial charge in [-0.15, -0.1) is 6.42 Å². The van der Waals surface area contributed by atoms with Gasteiger partial charge < -0.3 is 4.74 Å². The van der Waals surface area contributed by atoms with Crippen LogP contribution in [0, 0.1) is 12.3 Å². The van der Waals surface area contributed by atoms with E-state index in [1.54, 1.807) is 0 Å². The summed E-state index contributed by atoms with van der Waals surface area (Å²) < 4.78 is 8.06. The van der Waals surface area contributed by atoms with Crippen molar-refractivity contribution < 1.29 is 4.74 Å². The van der Waals surface area contributed by atoms with E-state index in [2.05, 4.69) is 45.5 Å². The maximum atomic E-state index is 5.53. The van der Waals surface area contributed by atoms with Crippen LogP contribution in [0.4, 0.5) is 0 Å². The first-order chi connectivity index (χ1) is 12.4. The Kier molecular flexibility index (Phi) is 7.69. The molecule has 4 heteroatoms.